The number of hydrogen-bond donors (Lipinski definition) is 0. The molecule has 0 radical (unpaired) electrons. The molecule has 0 N–H and O–H groups in total. The van der Waals surface area contributed by atoms with Crippen molar-refractivity contribution in [2.75, 3.05) is 13.2 Å². The molecule has 3 heteroatoms. The van der Waals surface area contributed by atoms with Crippen LogP contribution in [0.4, 0.5) is 0 Å². The molecule has 0 aliphatic carbocycles. The third kappa shape index (κ3) is 8.36. The van der Waals surface area contributed by atoms with E-state index in [1.54, 1.807) is 0 Å². The number of halogens is 2. The summed E-state index contributed by atoms with van der Waals surface area (Å²) < 4.78 is 4.94. The first-order chi connectivity index (χ1) is 5.89. The van der Waals surface area contributed by atoms with Crippen LogP contribution in [-0.4, -0.2) is 13.2 Å². The minimum absolute atomic E-state index is 0. The minimum Gasteiger partial charge on any atom is -0.381 e. The molecule has 0 amide bonds. The maximum atomic E-state index is 4.94. The van der Waals surface area contributed by atoms with Gasteiger partial charge in [-0.3, -0.25) is 0 Å². The van der Waals surface area contributed by atoms with Gasteiger partial charge < -0.3 is 4.74 Å². The molecule has 2 rings (SSSR count). The van der Waals surface area contributed by atoms with Gasteiger partial charge in [0.1, 0.15) is 0 Å². The molecule has 1 aliphatic heterocycles. The maximum absolute atomic E-state index is 4.94. The lowest BCUT2D eigenvalue weighted by atomic mass is 10.2. The molecule has 82 valence electrons. The summed E-state index contributed by atoms with van der Waals surface area (Å²) in [6.45, 7) is 4.08. The van der Waals surface area contributed by atoms with Crippen LogP contribution in [0.15, 0.2) is 30.3 Å². The standard InChI is InChI=1S/C7H8.C4H8O.2ClH/c1-7-5-3-2-4-6-7;1-2-4-5-3-1;;/h2-6H,1H3;1-4H2;2*1H. The van der Waals surface area contributed by atoms with Crippen molar-refractivity contribution in [3.63, 3.8) is 0 Å². The van der Waals surface area contributed by atoms with E-state index in [4.69, 9.17) is 4.74 Å². The Labute approximate surface area is 98.7 Å². The number of hydrogen-bond acceptors (Lipinski definition) is 1. The highest BCUT2D eigenvalue weighted by atomic mass is 35.5. The zero-order valence-corrected chi connectivity index (χ0v) is 10.1. The lowest BCUT2D eigenvalue weighted by Crippen LogP contribution is -1.74. The fraction of sp³-hybridized carbons (Fsp3) is 0.455. The maximum Gasteiger partial charge on any atom is 0.0466 e. The van der Waals surface area contributed by atoms with Crippen molar-refractivity contribution in [3.8, 4) is 0 Å². The van der Waals surface area contributed by atoms with Gasteiger partial charge in [-0.25, -0.2) is 0 Å². The van der Waals surface area contributed by atoms with E-state index in [2.05, 4.69) is 19.1 Å². The van der Waals surface area contributed by atoms with Gasteiger partial charge in [0.25, 0.3) is 0 Å². The molecular weight excluding hydrogens is 219 g/mol. The highest BCUT2D eigenvalue weighted by Crippen LogP contribution is 1.98. The van der Waals surface area contributed by atoms with Crippen molar-refractivity contribution in [2.24, 2.45) is 0 Å². The van der Waals surface area contributed by atoms with Crippen molar-refractivity contribution < 1.29 is 4.74 Å². The lowest BCUT2D eigenvalue weighted by molar-refractivity contribution is 0.198. The SMILES string of the molecule is C1CCOC1.Cc1ccccc1.Cl.Cl. The molecule has 0 spiro atoms. The Balaban J connectivity index is 0. The van der Waals surface area contributed by atoms with Gasteiger partial charge in [0.2, 0.25) is 0 Å². The van der Waals surface area contributed by atoms with Crippen LogP contribution in [0.25, 0.3) is 0 Å². The molecule has 1 aromatic carbocycles. The number of aryl methyl sites for hydroxylation is 1. The summed E-state index contributed by atoms with van der Waals surface area (Å²) in [5, 5.41) is 0. The highest BCUT2D eigenvalue weighted by molar-refractivity contribution is 5.85. The van der Waals surface area contributed by atoms with Crippen LogP contribution in [0.3, 0.4) is 0 Å². The van der Waals surface area contributed by atoms with E-state index in [0.717, 1.165) is 13.2 Å². The molecule has 1 heterocycles. The minimum atomic E-state index is 0. The normalized spacial score (nSPS) is 12.9. The third-order valence-electron chi connectivity index (χ3n) is 1.77. The fourth-order valence-corrected chi connectivity index (χ4v) is 1.04. The Bertz CT molecular complexity index is 190. The molecule has 14 heavy (non-hydrogen) atoms. The van der Waals surface area contributed by atoms with E-state index in [0.29, 0.717) is 0 Å². The molecule has 0 saturated carbocycles. The Kier molecular flexibility index (Phi) is 12.5. The topological polar surface area (TPSA) is 9.23 Å². The summed E-state index contributed by atoms with van der Waals surface area (Å²) in [4.78, 5) is 0. The van der Waals surface area contributed by atoms with Crippen molar-refractivity contribution in [3.05, 3.63) is 35.9 Å². The molecule has 1 aliphatic rings. The zero-order valence-electron chi connectivity index (χ0n) is 8.44. The molecule has 1 nitrogen and oxygen atoms in total. The smallest absolute Gasteiger partial charge is 0.0466 e. The second kappa shape index (κ2) is 10.8. The summed E-state index contributed by atoms with van der Waals surface area (Å²) in [5.41, 5.74) is 1.32. The average Bonchev–Trinajstić information content (AvgIpc) is 2.62. The number of rotatable bonds is 0. The predicted molar refractivity (Wildman–Crippen MR) is 65.7 cm³/mol. The van der Waals surface area contributed by atoms with E-state index in [1.807, 2.05) is 18.2 Å². The van der Waals surface area contributed by atoms with Gasteiger partial charge in [-0.15, -0.1) is 24.8 Å². The van der Waals surface area contributed by atoms with Gasteiger partial charge in [-0.05, 0) is 19.8 Å². The first kappa shape index (κ1) is 16.2. The van der Waals surface area contributed by atoms with Gasteiger partial charge in [0, 0.05) is 13.2 Å². The molecular formula is C11H18Cl2O. The Morgan fingerprint density at radius 3 is 1.64 bits per heavy atom. The predicted octanol–water partition coefficient (Wildman–Crippen LogP) is 3.64. The van der Waals surface area contributed by atoms with Crippen molar-refractivity contribution >= 4 is 24.8 Å². The molecule has 1 aromatic rings. The van der Waals surface area contributed by atoms with E-state index in [1.165, 1.54) is 18.4 Å². The Morgan fingerprint density at radius 2 is 1.43 bits per heavy atom. The Morgan fingerprint density at radius 1 is 0.929 bits per heavy atom. The van der Waals surface area contributed by atoms with Crippen LogP contribution in [0.1, 0.15) is 18.4 Å². The summed E-state index contributed by atoms with van der Waals surface area (Å²) in [7, 11) is 0. The molecule has 0 aromatic heterocycles. The van der Waals surface area contributed by atoms with Crippen LogP contribution in [0.2, 0.25) is 0 Å². The molecule has 1 fully saturated rings. The van der Waals surface area contributed by atoms with E-state index in [9.17, 15) is 0 Å². The highest BCUT2D eigenvalue weighted by Gasteiger charge is 1.94. The lowest BCUT2D eigenvalue weighted by Gasteiger charge is -1.82. The van der Waals surface area contributed by atoms with Crippen LogP contribution in [0.5, 0.6) is 0 Å². The van der Waals surface area contributed by atoms with Crippen LogP contribution in [0, 0.1) is 6.92 Å². The summed E-state index contributed by atoms with van der Waals surface area (Å²) in [6, 6.07) is 10.3. The van der Waals surface area contributed by atoms with E-state index in [-0.39, 0.29) is 24.8 Å². The van der Waals surface area contributed by atoms with Gasteiger partial charge in [0.05, 0.1) is 0 Å². The van der Waals surface area contributed by atoms with Crippen LogP contribution >= 0.6 is 24.8 Å². The Hall–Kier alpha value is -0.240. The summed E-state index contributed by atoms with van der Waals surface area (Å²) in [6.07, 6.45) is 2.56. The van der Waals surface area contributed by atoms with Crippen LogP contribution < -0.4 is 0 Å². The monoisotopic (exact) mass is 236 g/mol. The average molecular weight is 237 g/mol. The number of ether oxygens (including phenoxy) is 1. The fourth-order valence-electron chi connectivity index (χ4n) is 1.04. The molecule has 0 unspecified atom stereocenters. The molecule has 0 bridgehead atoms. The molecule has 1 saturated heterocycles. The van der Waals surface area contributed by atoms with Crippen molar-refractivity contribution in [1.82, 2.24) is 0 Å². The third-order valence-corrected chi connectivity index (χ3v) is 1.77. The van der Waals surface area contributed by atoms with Crippen molar-refractivity contribution in [2.45, 2.75) is 19.8 Å². The first-order valence-electron chi connectivity index (χ1n) is 4.49. The largest absolute Gasteiger partial charge is 0.381 e. The van der Waals surface area contributed by atoms with Gasteiger partial charge in [-0.1, -0.05) is 35.9 Å². The number of benzene rings is 1. The van der Waals surface area contributed by atoms with Gasteiger partial charge in [0.15, 0.2) is 0 Å². The van der Waals surface area contributed by atoms with Gasteiger partial charge in [-0.2, -0.15) is 0 Å². The second-order valence-corrected chi connectivity index (χ2v) is 2.97. The summed E-state index contributed by atoms with van der Waals surface area (Å²) in [5.74, 6) is 0. The molecule has 0 atom stereocenters. The van der Waals surface area contributed by atoms with E-state index >= 15 is 0 Å². The van der Waals surface area contributed by atoms with Gasteiger partial charge >= 0.3 is 0 Å². The first-order valence-corrected chi connectivity index (χ1v) is 4.49. The van der Waals surface area contributed by atoms with Crippen LogP contribution in [-0.2, 0) is 4.74 Å². The van der Waals surface area contributed by atoms with Crippen molar-refractivity contribution in [1.29, 1.82) is 0 Å². The quantitative estimate of drug-likeness (QED) is 0.669. The second-order valence-electron chi connectivity index (χ2n) is 2.97. The summed E-state index contributed by atoms with van der Waals surface area (Å²) >= 11 is 0. The van der Waals surface area contributed by atoms with E-state index < -0.39 is 0 Å². The zero-order chi connectivity index (χ0) is 8.65.